The SMILES string of the molecule is CC(=O)N1CCC(N2CC(n3cc(Nc4cccc(-c5cnn(CC(C)(C)O)c5)n4)c(C(F)F)n3)C2)CC1. The summed E-state index contributed by atoms with van der Waals surface area (Å²) in [5, 5.41) is 21.6. The van der Waals surface area contributed by atoms with Crippen LogP contribution in [0.3, 0.4) is 0 Å². The van der Waals surface area contributed by atoms with E-state index >= 15 is 0 Å². The fourth-order valence-electron chi connectivity index (χ4n) is 5.13. The van der Waals surface area contributed by atoms with Crippen molar-refractivity contribution in [2.24, 2.45) is 0 Å². The maximum absolute atomic E-state index is 13.9. The third-order valence-electron chi connectivity index (χ3n) is 7.15. The molecule has 0 radical (unpaired) electrons. The van der Waals surface area contributed by atoms with Gasteiger partial charge in [0.1, 0.15) is 5.82 Å². The highest BCUT2D eigenvalue weighted by Gasteiger charge is 2.36. The van der Waals surface area contributed by atoms with Gasteiger partial charge in [-0.05, 0) is 38.8 Å². The Morgan fingerprint density at radius 3 is 2.58 bits per heavy atom. The Morgan fingerprint density at radius 2 is 1.92 bits per heavy atom. The molecule has 3 aromatic rings. The second-order valence-electron chi connectivity index (χ2n) is 10.8. The lowest BCUT2D eigenvalue weighted by Gasteiger charge is -2.47. The Labute approximate surface area is 220 Å². The van der Waals surface area contributed by atoms with E-state index in [0.29, 0.717) is 24.1 Å². The van der Waals surface area contributed by atoms with Crippen LogP contribution < -0.4 is 5.32 Å². The maximum Gasteiger partial charge on any atom is 0.284 e. The minimum absolute atomic E-state index is 0.0230. The van der Waals surface area contributed by atoms with Crippen molar-refractivity contribution >= 4 is 17.4 Å². The Hall–Kier alpha value is -3.38. The monoisotopic (exact) mass is 528 g/mol. The summed E-state index contributed by atoms with van der Waals surface area (Å²) in [5.74, 6) is 0.536. The fourth-order valence-corrected chi connectivity index (χ4v) is 5.13. The van der Waals surface area contributed by atoms with E-state index in [4.69, 9.17) is 0 Å². The number of piperidine rings is 1. The molecule has 0 unspecified atom stereocenters. The average molecular weight is 529 g/mol. The first kappa shape index (κ1) is 26.2. The maximum atomic E-state index is 13.9. The summed E-state index contributed by atoms with van der Waals surface area (Å²) in [6.45, 7) is 8.36. The van der Waals surface area contributed by atoms with Crippen LogP contribution in [0, 0.1) is 0 Å². The van der Waals surface area contributed by atoms with E-state index in [1.54, 1.807) is 60.9 Å². The van der Waals surface area contributed by atoms with Crippen molar-refractivity contribution in [2.45, 2.75) is 64.3 Å². The van der Waals surface area contributed by atoms with Crippen LogP contribution >= 0.6 is 0 Å². The quantitative estimate of drug-likeness (QED) is 0.462. The molecule has 0 atom stereocenters. The molecule has 2 aliphatic rings. The van der Waals surface area contributed by atoms with Crippen molar-refractivity contribution in [1.82, 2.24) is 34.3 Å². The third kappa shape index (κ3) is 5.86. The van der Waals surface area contributed by atoms with E-state index < -0.39 is 12.0 Å². The molecule has 2 N–H and O–H groups in total. The predicted molar refractivity (Wildman–Crippen MR) is 138 cm³/mol. The standard InChI is InChI=1S/C26H34F2N8O2/c1-17(37)33-9-7-19(8-10-33)34-13-20(14-34)36-15-22(24(32-36)25(27)28)31-23-6-4-5-21(30-23)18-11-29-35(12-18)16-26(2,3)38/h4-6,11-12,15,19-20,25,38H,7-10,13-14,16H2,1-3H3,(H,30,31). The number of amides is 1. The summed E-state index contributed by atoms with van der Waals surface area (Å²) in [4.78, 5) is 20.4. The lowest BCUT2D eigenvalue weighted by molar-refractivity contribution is -0.130. The fraction of sp³-hybridized carbons (Fsp3) is 0.538. The molecule has 1 amide bonds. The summed E-state index contributed by atoms with van der Waals surface area (Å²) in [7, 11) is 0. The largest absolute Gasteiger partial charge is 0.389 e. The van der Waals surface area contributed by atoms with E-state index in [-0.39, 0.29) is 23.3 Å². The third-order valence-corrected chi connectivity index (χ3v) is 7.15. The van der Waals surface area contributed by atoms with Gasteiger partial charge < -0.3 is 15.3 Å². The number of aliphatic hydroxyl groups is 1. The number of aromatic nitrogens is 5. The van der Waals surface area contributed by atoms with Crippen LogP contribution in [0.15, 0.2) is 36.8 Å². The molecule has 0 aromatic carbocycles. The van der Waals surface area contributed by atoms with E-state index in [2.05, 4.69) is 25.4 Å². The summed E-state index contributed by atoms with van der Waals surface area (Å²) in [5.41, 5.74) is 0.412. The second-order valence-corrected chi connectivity index (χ2v) is 10.8. The zero-order valence-corrected chi connectivity index (χ0v) is 21.9. The van der Waals surface area contributed by atoms with Gasteiger partial charge in [0.05, 0.1) is 35.8 Å². The Kier molecular flexibility index (Phi) is 7.19. The van der Waals surface area contributed by atoms with Crippen LogP contribution in [0.25, 0.3) is 11.3 Å². The number of carbonyl (C=O) groups excluding carboxylic acids is 1. The van der Waals surface area contributed by atoms with Gasteiger partial charge in [0.2, 0.25) is 5.91 Å². The Morgan fingerprint density at radius 1 is 1.18 bits per heavy atom. The molecule has 0 spiro atoms. The number of carbonyl (C=O) groups is 1. The molecule has 5 heterocycles. The topological polar surface area (TPSA) is 104 Å². The van der Waals surface area contributed by atoms with Gasteiger partial charge in [0, 0.05) is 57.1 Å². The van der Waals surface area contributed by atoms with Gasteiger partial charge in [-0.3, -0.25) is 19.1 Å². The number of anilines is 2. The van der Waals surface area contributed by atoms with Crippen LogP contribution in [-0.4, -0.2) is 83.2 Å². The Bertz CT molecular complexity index is 1270. The number of pyridine rings is 1. The molecule has 38 heavy (non-hydrogen) atoms. The molecule has 2 aliphatic heterocycles. The molecule has 0 bridgehead atoms. The van der Waals surface area contributed by atoms with Crippen molar-refractivity contribution in [3.05, 3.63) is 42.5 Å². The van der Waals surface area contributed by atoms with Crippen LogP contribution in [-0.2, 0) is 11.3 Å². The van der Waals surface area contributed by atoms with Gasteiger partial charge in [-0.2, -0.15) is 10.2 Å². The van der Waals surface area contributed by atoms with E-state index in [1.165, 1.54) is 0 Å². The Balaban J connectivity index is 1.25. The van der Waals surface area contributed by atoms with Gasteiger partial charge >= 0.3 is 0 Å². The average Bonchev–Trinajstić information content (AvgIpc) is 3.45. The minimum Gasteiger partial charge on any atom is -0.389 e. The highest BCUT2D eigenvalue weighted by atomic mass is 19.3. The van der Waals surface area contributed by atoms with Gasteiger partial charge in [-0.15, -0.1) is 0 Å². The van der Waals surface area contributed by atoms with Crippen LogP contribution in [0.2, 0.25) is 0 Å². The smallest absolute Gasteiger partial charge is 0.284 e. The molecular formula is C26H34F2N8O2. The van der Waals surface area contributed by atoms with Crippen molar-refractivity contribution in [1.29, 1.82) is 0 Å². The van der Waals surface area contributed by atoms with Gasteiger partial charge in [0.15, 0.2) is 5.69 Å². The van der Waals surface area contributed by atoms with Crippen LogP contribution in [0.5, 0.6) is 0 Å². The number of alkyl halides is 2. The highest BCUT2D eigenvalue weighted by molar-refractivity contribution is 5.73. The number of hydrogen-bond acceptors (Lipinski definition) is 7. The van der Waals surface area contributed by atoms with E-state index in [1.807, 2.05) is 11.0 Å². The van der Waals surface area contributed by atoms with Gasteiger partial charge in [-0.25, -0.2) is 13.8 Å². The molecule has 3 aromatic heterocycles. The van der Waals surface area contributed by atoms with Crippen molar-refractivity contribution in [3.63, 3.8) is 0 Å². The van der Waals surface area contributed by atoms with Gasteiger partial charge in [0.25, 0.3) is 6.43 Å². The minimum atomic E-state index is -2.73. The number of halogens is 2. The summed E-state index contributed by atoms with van der Waals surface area (Å²) >= 11 is 0. The first-order chi connectivity index (χ1) is 18.1. The summed E-state index contributed by atoms with van der Waals surface area (Å²) in [6.07, 6.45) is 4.22. The van der Waals surface area contributed by atoms with Crippen molar-refractivity contribution in [2.75, 3.05) is 31.5 Å². The van der Waals surface area contributed by atoms with E-state index in [0.717, 1.165) is 44.6 Å². The molecule has 5 rings (SSSR count). The number of nitrogens with one attached hydrogen (secondary N) is 1. The lowest BCUT2D eigenvalue weighted by Crippen LogP contribution is -2.56. The molecule has 10 nitrogen and oxygen atoms in total. The van der Waals surface area contributed by atoms with Crippen molar-refractivity contribution < 1.29 is 18.7 Å². The molecule has 0 aliphatic carbocycles. The molecule has 2 saturated heterocycles. The molecule has 0 saturated carbocycles. The normalized spacial score (nSPS) is 17.7. The zero-order valence-electron chi connectivity index (χ0n) is 21.9. The molecule has 2 fully saturated rings. The number of rotatable bonds is 8. The number of likely N-dealkylation sites (tertiary alicyclic amines) is 2. The first-order valence-electron chi connectivity index (χ1n) is 12.9. The lowest BCUT2D eigenvalue weighted by atomic mass is 9.97. The summed E-state index contributed by atoms with van der Waals surface area (Å²) < 4.78 is 31.0. The van der Waals surface area contributed by atoms with Crippen molar-refractivity contribution in [3.8, 4) is 11.3 Å². The van der Waals surface area contributed by atoms with Crippen LogP contribution in [0.1, 0.15) is 51.8 Å². The van der Waals surface area contributed by atoms with Crippen LogP contribution in [0.4, 0.5) is 20.3 Å². The molecular weight excluding hydrogens is 494 g/mol. The van der Waals surface area contributed by atoms with Gasteiger partial charge in [-0.1, -0.05) is 6.07 Å². The second kappa shape index (κ2) is 10.4. The first-order valence-corrected chi connectivity index (χ1v) is 12.9. The molecule has 12 heteroatoms. The number of nitrogens with zero attached hydrogens (tertiary/aromatic N) is 7. The number of hydrogen-bond donors (Lipinski definition) is 2. The summed E-state index contributed by atoms with van der Waals surface area (Å²) in [6, 6.07) is 5.76. The van der Waals surface area contributed by atoms with E-state index in [9.17, 15) is 18.7 Å². The highest BCUT2D eigenvalue weighted by Crippen LogP contribution is 2.33. The zero-order chi connectivity index (χ0) is 27.0. The molecule has 204 valence electrons. The predicted octanol–water partition coefficient (Wildman–Crippen LogP) is 3.46.